The quantitative estimate of drug-likeness (QED) is 0.921. The SMILES string of the molecule is CC(C)(C)c1ccc(OCC(=O)Nn2cnnc2)cc1. The first-order valence-electron chi connectivity index (χ1n) is 6.33. The summed E-state index contributed by atoms with van der Waals surface area (Å²) in [6, 6.07) is 7.75. The predicted molar refractivity (Wildman–Crippen MR) is 75.0 cm³/mol. The zero-order valence-corrected chi connectivity index (χ0v) is 11.8. The third kappa shape index (κ3) is 3.81. The average molecular weight is 274 g/mol. The fourth-order valence-corrected chi connectivity index (χ4v) is 1.63. The summed E-state index contributed by atoms with van der Waals surface area (Å²) in [5, 5.41) is 7.17. The molecule has 0 aliphatic carbocycles. The molecule has 1 amide bonds. The summed E-state index contributed by atoms with van der Waals surface area (Å²) in [7, 11) is 0. The largest absolute Gasteiger partial charge is 0.484 e. The van der Waals surface area contributed by atoms with Gasteiger partial charge in [0.1, 0.15) is 18.4 Å². The van der Waals surface area contributed by atoms with Gasteiger partial charge in [-0.2, -0.15) is 0 Å². The van der Waals surface area contributed by atoms with Gasteiger partial charge in [-0.1, -0.05) is 32.9 Å². The lowest BCUT2D eigenvalue weighted by atomic mass is 9.87. The summed E-state index contributed by atoms with van der Waals surface area (Å²) < 4.78 is 6.79. The van der Waals surface area contributed by atoms with Crippen molar-refractivity contribution in [2.24, 2.45) is 0 Å². The molecule has 0 radical (unpaired) electrons. The monoisotopic (exact) mass is 274 g/mol. The van der Waals surface area contributed by atoms with Crippen molar-refractivity contribution in [3.05, 3.63) is 42.5 Å². The van der Waals surface area contributed by atoms with E-state index < -0.39 is 0 Å². The van der Waals surface area contributed by atoms with Crippen LogP contribution in [0.4, 0.5) is 0 Å². The van der Waals surface area contributed by atoms with Crippen molar-refractivity contribution in [1.29, 1.82) is 0 Å². The molecular weight excluding hydrogens is 256 g/mol. The number of nitrogens with one attached hydrogen (secondary N) is 1. The van der Waals surface area contributed by atoms with E-state index in [0.717, 1.165) is 0 Å². The van der Waals surface area contributed by atoms with E-state index in [-0.39, 0.29) is 17.9 Å². The second kappa shape index (κ2) is 5.73. The Morgan fingerprint density at radius 2 is 1.80 bits per heavy atom. The Balaban J connectivity index is 1.86. The minimum absolute atomic E-state index is 0.0625. The molecule has 6 heteroatoms. The van der Waals surface area contributed by atoms with Gasteiger partial charge in [-0.05, 0) is 23.1 Å². The zero-order valence-electron chi connectivity index (χ0n) is 11.8. The first-order valence-corrected chi connectivity index (χ1v) is 6.33. The van der Waals surface area contributed by atoms with Crippen molar-refractivity contribution in [1.82, 2.24) is 14.9 Å². The van der Waals surface area contributed by atoms with Crippen LogP contribution < -0.4 is 10.2 Å². The first-order chi connectivity index (χ1) is 9.45. The Kier molecular flexibility index (Phi) is 4.02. The maximum absolute atomic E-state index is 11.6. The van der Waals surface area contributed by atoms with Gasteiger partial charge in [0.2, 0.25) is 0 Å². The van der Waals surface area contributed by atoms with Crippen LogP contribution in [0.15, 0.2) is 36.9 Å². The highest BCUT2D eigenvalue weighted by atomic mass is 16.5. The Labute approximate surface area is 117 Å². The fourth-order valence-electron chi connectivity index (χ4n) is 1.63. The molecule has 2 rings (SSSR count). The van der Waals surface area contributed by atoms with Gasteiger partial charge in [-0.3, -0.25) is 10.2 Å². The minimum Gasteiger partial charge on any atom is -0.484 e. The standard InChI is InChI=1S/C14H18N4O2/c1-14(2,3)11-4-6-12(7-5-11)20-8-13(19)17-18-9-15-16-10-18/h4-7,9-10H,8H2,1-3H3,(H,17,19). The van der Waals surface area contributed by atoms with Crippen LogP contribution in [0.25, 0.3) is 0 Å². The minimum atomic E-state index is -0.273. The van der Waals surface area contributed by atoms with Gasteiger partial charge in [-0.25, -0.2) is 4.68 Å². The molecule has 106 valence electrons. The number of carbonyl (C=O) groups excluding carboxylic acids is 1. The number of rotatable bonds is 4. The Morgan fingerprint density at radius 3 is 2.35 bits per heavy atom. The summed E-state index contributed by atoms with van der Waals surface area (Å²) in [6.45, 7) is 6.38. The van der Waals surface area contributed by atoms with Crippen LogP contribution in [0.2, 0.25) is 0 Å². The molecule has 2 aromatic rings. The van der Waals surface area contributed by atoms with Crippen molar-refractivity contribution in [3.63, 3.8) is 0 Å². The van der Waals surface area contributed by atoms with Crippen molar-refractivity contribution in [3.8, 4) is 5.75 Å². The second-order valence-corrected chi connectivity index (χ2v) is 5.47. The van der Waals surface area contributed by atoms with E-state index in [9.17, 15) is 4.79 Å². The normalized spacial score (nSPS) is 11.2. The molecule has 1 N–H and O–H groups in total. The molecular formula is C14H18N4O2. The third-order valence-electron chi connectivity index (χ3n) is 2.76. The molecule has 1 aromatic heterocycles. The number of benzene rings is 1. The number of aromatic nitrogens is 3. The molecule has 0 aliphatic rings. The van der Waals surface area contributed by atoms with Crippen molar-refractivity contribution >= 4 is 5.91 Å². The number of hydrogen-bond donors (Lipinski definition) is 1. The van der Waals surface area contributed by atoms with E-state index in [1.807, 2.05) is 24.3 Å². The van der Waals surface area contributed by atoms with Crippen LogP contribution in [0.3, 0.4) is 0 Å². The number of nitrogens with zero attached hydrogens (tertiary/aromatic N) is 3. The van der Waals surface area contributed by atoms with Crippen molar-refractivity contribution in [2.75, 3.05) is 12.0 Å². The average Bonchev–Trinajstić information content (AvgIpc) is 2.88. The molecule has 6 nitrogen and oxygen atoms in total. The van der Waals surface area contributed by atoms with Gasteiger partial charge in [-0.15, -0.1) is 10.2 Å². The first kappa shape index (κ1) is 14.0. The summed E-state index contributed by atoms with van der Waals surface area (Å²) in [5.41, 5.74) is 3.88. The Bertz CT molecular complexity index is 556. The summed E-state index contributed by atoms with van der Waals surface area (Å²) >= 11 is 0. The zero-order chi connectivity index (χ0) is 14.6. The van der Waals surface area contributed by atoms with Gasteiger partial charge in [0, 0.05) is 0 Å². The highest BCUT2D eigenvalue weighted by Crippen LogP contribution is 2.24. The molecule has 0 saturated carbocycles. The maximum Gasteiger partial charge on any atom is 0.276 e. The van der Waals surface area contributed by atoms with Crippen molar-refractivity contribution in [2.45, 2.75) is 26.2 Å². The molecule has 0 saturated heterocycles. The molecule has 0 aliphatic heterocycles. The molecule has 1 aromatic carbocycles. The van der Waals surface area contributed by atoms with Crippen LogP contribution >= 0.6 is 0 Å². The van der Waals surface area contributed by atoms with E-state index in [1.165, 1.54) is 22.9 Å². The topological polar surface area (TPSA) is 69.0 Å². The van der Waals surface area contributed by atoms with Crippen LogP contribution in [0.5, 0.6) is 5.75 Å². The Hall–Kier alpha value is -2.37. The number of ether oxygens (including phenoxy) is 1. The summed E-state index contributed by atoms with van der Waals surface area (Å²) in [6.07, 6.45) is 2.80. The molecule has 0 fully saturated rings. The summed E-state index contributed by atoms with van der Waals surface area (Å²) in [4.78, 5) is 11.6. The van der Waals surface area contributed by atoms with Gasteiger partial charge < -0.3 is 4.74 Å². The van der Waals surface area contributed by atoms with Gasteiger partial charge >= 0.3 is 0 Å². The molecule has 0 bridgehead atoms. The Morgan fingerprint density at radius 1 is 1.20 bits per heavy atom. The lowest BCUT2D eigenvalue weighted by molar-refractivity contribution is -0.119. The second-order valence-electron chi connectivity index (χ2n) is 5.47. The van der Waals surface area contributed by atoms with Gasteiger partial charge in [0.25, 0.3) is 5.91 Å². The predicted octanol–water partition coefficient (Wildman–Crippen LogP) is 1.72. The van der Waals surface area contributed by atoms with E-state index >= 15 is 0 Å². The van der Waals surface area contributed by atoms with Crippen molar-refractivity contribution < 1.29 is 9.53 Å². The number of hydrogen-bond acceptors (Lipinski definition) is 4. The third-order valence-corrected chi connectivity index (χ3v) is 2.76. The van der Waals surface area contributed by atoms with Gasteiger partial charge in [0.05, 0.1) is 0 Å². The number of carbonyl (C=O) groups is 1. The lowest BCUT2D eigenvalue weighted by Gasteiger charge is -2.19. The van der Waals surface area contributed by atoms with Crippen LogP contribution in [-0.4, -0.2) is 27.4 Å². The highest BCUT2D eigenvalue weighted by molar-refractivity contribution is 5.84. The van der Waals surface area contributed by atoms with Gasteiger partial charge in [0.15, 0.2) is 6.61 Å². The fraction of sp³-hybridized carbons (Fsp3) is 0.357. The smallest absolute Gasteiger partial charge is 0.276 e. The van der Waals surface area contributed by atoms with Crippen LogP contribution in [0, 0.1) is 0 Å². The van der Waals surface area contributed by atoms with Crippen LogP contribution in [0.1, 0.15) is 26.3 Å². The molecule has 1 heterocycles. The maximum atomic E-state index is 11.6. The van der Waals surface area contributed by atoms with Crippen LogP contribution in [-0.2, 0) is 10.2 Å². The van der Waals surface area contributed by atoms with E-state index in [4.69, 9.17) is 4.74 Å². The lowest BCUT2D eigenvalue weighted by Crippen LogP contribution is -2.27. The molecule has 0 unspecified atom stereocenters. The van der Waals surface area contributed by atoms with E-state index in [1.54, 1.807) is 0 Å². The molecule has 0 spiro atoms. The molecule has 20 heavy (non-hydrogen) atoms. The van der Waals surface area contributed by atoms with E-state index in [0.29, 0.717) is 5.75 Å². The van der Waals surface area contributed by atoms with E-state index in [2.05, 4.69) is 36.4 Å². The molecule has 0 atom stereocenters. The number of amides is 1. The highest BCUT2D eigenvalue weighted by Gasteiger charge is 2.13. The summed E-state index contributed by atoms with van der Waals surface area (Å²) in [5.74, 6) is 0.390.